The normalized spacial score (nSPS) is 16.0. The molecule has 2 N–H and O–H groups in total. The molecule has 1 aromatic carbocycles. The summed E-state index contributed by atoms with van der Waals surface area (Å²) in [6.07, 6.45) is 3.02. The summed E-state index contributed by atoms with van der Waals surface area (Å²) in [4.78, 5) is 12.9. The monoisotopic (exact) mass is 361 g/mol. The molecule has 1 aliphatic heterocycles. The van der Waals surface area contributed by atoms with Gasteiger partial charge in [-0.25, -0.2) is 4.39 Å². The maximum atomic E-state index is 13.0. The number of hydrogen-bond acceptors (Lipinski definition) is 5. The van der Waals surface area contributed by atoms with Crippen LogP contribution < -0.4 is 5.32 Å². The molecule has 2 heterocycles. The lowest BCUT2D eigenvalue weighted by Crippen LogP contribution is -2.42. The molecule has 2 aromatic rings. The minimum Gasteiger partial charge on any atom is -0.481 e. The van der Waals surface area contributed by atoms with E-state index in [1.54, 1.807) is 12.1 Å². The zero-order valence-electron chi connectivity index (χ0n) is 14.7. The summed E-state index contributed by atoms with van der Waals surface area (Å²) in [5.41, 5.74) is 1.63. The Balaban J connectivity index is 1.40. The molecule has 1 aliphatic rings. The topological polar surface area (TPSA) is 78.6 Å². The second-order valence-electron chi connectivity index (χ2n) is 6.68. The molecule has 6 nitrogen and oxygen atoms in total. The lowest BCUT2D eigenvalue weighted by molar-refractivity contribution is -0.137. The molecule has 0 spiro atoms. The van der Waals surface area contributed by atoms with E-state index in [1.807, 2.05) is 6.07 Å². The van der Waals surface area contributed by atoms with Crippen molar-refractivity contribution < 1.29 is 18.8 Å². The van der Waals surface area contributed by atoms with Crippen LogP contribution in [0.2, 0.25) is 0 Å². The predicted octanol–water partition coefficient (Wildman–Crippen LogP) is 2.90. The van der Waals surface area contributed by atoms with Gasteiger partial charge in [-0.1, -0.05) is 5.16 Å². The van der Waals surface area contributed by atoms with Crippen molar-refractivity contribution in [2.75, 3.05) is 19.6 Å². The van der Waals surface area contributed by atoms with E-state index in [0.717, 1.165) is 43.7 Å². The molecule has 0 amide bonds. The Bertz CT molecular complexity index is 709. The number of carbonyl (C=O) groups is 1. The highest BCUT2D eigenvalue weighted by atomic mass is 19.1. The van der Waals surface area contributed by atoms with Gasteiger partial charge in [0.25, 0.3) is 0 Å². The van der Waals surface area contributed by atoms with Gasteiger partial charge in [0.1, 0.15) is 5.82 Å². The highest BCUT2D eigenvalue weighted by Gasteiger charge is 2.19. The summed E-state index contributed by atoms with van der Waals surface area (Å²) in [6.45, 7) is 3.45. The summed E-state index contributed by atoms with van der Waals surface area (Å²) in [6, 6.07) is 8.46. The Morgan fingerprint density at radius 1 is 1.31 bits per heavy atom. The van der Waals surface area contributed by atoms with Gasteiger partial charge in [-0.15, -0.1) is 0 Å². The molecule has 0 unspecified atom stereocenters. The van der Waals surface area contributed by atoms with Crippen LogP contribution in [0.3, 0.4) is 0 Å². The maximum Gasteiger partial charge on any atom is 0.303 e. The van der Waals surface area contributed by atoms with Gasteiger partial charge in [-0.3, -0.25) is 4.79 Å². The fourth-order valence-electron chi connectivity index (χ4n) is 3.21. The Kier molecular flexibility index (Phi) is 6.35. The van der Waals surface area contributed by atoms with Gasteiger partial charge in [0.05, 0.1) is 5.69 Å². The number of nitrogens with one attached hydrogen (secondary N) is 1. The molecule has 1 aromatic heterocycles. The van der Waals surface area contributed by atoms with Crippen LogP contribution in [0, 0.1) is 5.82 Å². The molecule has 1 fully saturated rings. The Morgan fingerprint density at radius 2 is 2.04 bits per heavy atom. The molecular weight excluding hydrogens is 337 g/mol. The van der Waals surface area contributed by atoms with Crippen molar-refractivity contribution in [1.29, 1.82) is 0 Å². The molecule has 0 aliphatic carbocycles. The first-order chi connectivity index (χ1) is 12.6. The number of rotatable bonds is 8. The van der Waals surface area contributed by atoms with Crippen molar-refractivity contribution in [1.82, 2.24) is 15.4 Å². The minimum atomic E-state index is -0.728. The number of nitrogens with zero attached hydrogens (tertiary/aromatic N) is 2. The molecule has 0 radical (unpaired) electrons. The van der Waals surface area contributed by atoms with Crippen molar-refractivity contribution >= 4 is 5.97 Å². The summed E-state index contributed by atoms with van der Waals surface area (Å²) < 4.78 is 18.3. The summed E-state index contributed by atoms with van der Waals surface area (Å²) in [5, 5.41) is 16.3. The second-order valence-corrected chi connectivity index (χ2v) is 6.68. The van der Waals surface area contributed by atoms with E-state index >= 15 is 0 Å². The van der Waals surface area contributed by atoms with E-state index in [4.69, 9.17) is 9.63 Å². The van der Waals surface area contributed by atoms with Crippen LogP contribution in [0.5, 0.6) is 0 Å². The molecular formula is C19H24FN3O3. The molecule has 7 heteroatoms. The second kappa shape index (κ2) is 8.91. The Hall–Kier alpha value is -2.25. The van der Waals surface area contributed by atoms with Gasteiger partial charge in [-0.05, 0) is 63.2 Å². The van der Waals surface area contributed by atoms with Gasteiger partial charge in [0, 0.05) is 30.6 Å². The van der Waals surface area contributed by atoms with Gasteiger partial charge in [0.2, 0.25) is 0 Å². The fraction of sp³-hybridized carbons (Fsp3) is 0.474. The van der Waals surface area contributed by atoms with Crippen LogP contribution in [0.25, 0.3) is 11.3 Å². The van der Waals surface area contributed by atoms with E-state index in [-0.39, 0.29) is 12.2 Å². The van der Waals surface area contributed by atoms with Crippen molar-refractivity contribution in [3.8, 4) is 11.3 Å². The van der Waals surface area contributed by atoms with E-state index in [2.05, 4.69) is 15.4 Å². The Labute approximate surface area is 152 Å². The zero-order chi connectivity index (χ0) is 18.4. The average molecular weight is 361 g/mol. The van der Waals surface area contributed by atoms with Crippen LogP contribution in [0.15, 0.2) is 34.9 Å². The third-order valence-electron chi connectivity index (χ3n) is 4.71. The van der Waals surface area contributed by atoms with Crippen LogP contribution in [-0.4, -0.2) is 46.8 Å². The van der Waals surface area contributed by atoms with E-state index in [0.29, 0.717) is 24.8 Å². The molecule has 0 bridgehead atoms. The highest BCUT2D eigenvalue weighted by molar-refractivity contribution is 5.66. The van der Waals surface area contributed by atoms with Gasteiger partial charge in [0.15, 0.2) is 5.76 Å². The predicted molar refractivity (Wildman–Crippen MR) is 95.1 cm³/mol. The lowest BCUT2D eigenvalue weighted by atomic mass is 10.0. The number of piperidine rings is 1. The quantitative estimate of drug-likeness (QED) is 0.753. The largest absolute Gasteiger partial charge is 0.481 e. The van der Waals surface area contributed by atoms with Crippen molar-refractivity contribution in [3.05, 3.63) is 41.8 Å². The van der Waals surface area contributed by atoms with Crippen LogP contribution in [0.1, 0.15) is 31.4 Å². The van der Waals surface area contributed by atoms with Crippen molar-refractivity contribution in [2.24, 2.45) is 0 Å². The fourth-order valence-corrected chi connectivity index (χ4v) is 3.21. The van der Waals surface area contributed by atoms with Gasteiger partial charge in [-0.2, -0.15) is 0 Å². The standard InChI is InChI=1S/C19H24FN3O3/c20-15-5-3-14(4-6-15)18-12-17(22-26-18)13-21-16-7-10-23(11-8-16)9-1-2-19(24)25/h3-6,12,16,21H,1-2,7-11,13H2,(H,24,25). The number of halogens is 1. The average Bonchev–Trinajstić information content (AvgIpc) is 3.10. The van der Waals surface area contributed by atoms with E-state index < -0.39 is 5.97 Å². The molecule has 140 valence electrons. The first-order valence-corrected chi connectivity index (χ1v) is 8.99. The van der Waals surface area contributed by atoms with E-state index in [9.17, 15) is 9.18 Å². The van der Waals surface area contributed by atoms with E-state index in [1.165, 1.54) is 12.1 Å². The summed E-state index contributed by atoms with van der Waals surface area (Å²) in [7, 11) is 0. The summed E-state index contributed by atoms with van der Waals surface area (Å²) in [5.74, 6) is -0.367. The van der Waals surface area contributed by atoms with Gasteiger partial charge < -0.3 is 19.8 Å². The molecule has 0 atom stereocenters. The first-order valence-electron chi connectivity index (χ1n) is 8.99. The lowest BCUT2D eigenvalue weighted by Gasteiger charge is -2.32. The zero-order valence-corrected chi connectivity index (χ0v) is 14.7. The van der Waals surface area contributed by atoms with Crippen molar-refractivity contribution in [2.45, 2.75) is 38.3 Å². The Morgan fingerprint density at radius 3 is 2.73 bits per heavy atom. The number of benzene rings is 1. The van der Waals surface area contributed by atoms with Crippen LogP contribution in [0.4, 0.5) is 4.39 Å². The van der Waals surface area contributed by atoms with Crippen LogP contribution >= 0.6 is 0 Å². The number of aromatic nitrogens is 1. The third-order valence-corrected chi connectivity index (χ3v) is 4.71. The third kappa shape index (κ3) is 5.37. The molecule has 1 saturated heterocycles. The number of carboxylic acids is 1. The van der Waals surface area contributed by atoms with Gasteiger partial charge >= 0.3 is 5.97 Å². The number of carboxylic acid groups (broad SMARTS) is 1. The maximum absolute atomic E-state index is 13.0. The molecule has 0 saturated carbocycles. The first kappa shape index (κ1) is 18.5. The molecule has 26 heavy (non-hydrogen) atoms. The highest BCUT2D eigenvalue weighted by Crippen LogP contribution is 2.21. The SMILES string of the molecule is O=C(O)CCCN1CCC(NCc2cc(-c3ccc(F)cc3)on2)CC1. The van der Waals surface area contributed by atoms with Crippen molar-refractivity contribution in [3.63, 3.8) is 0 Å². The summed E-state index contributed by atoms with van der Waals surface area (Å²) >= 11 is 0. The van der Waals surface area contributed by atoms with Crippen LogP contribution in [-0.2, 0) is 11.3 Å². The molecule has 3 rings (SSSR count). The minimum absolute atomic E-state index is 0.237. The number of hydrogen-bond donors (Lipinski definition) is 2. The number of aliphatic carboxylic acids is 1. The number of likely N-dealkylation sites (tertiary alicyclic amines) is 1. The smallest absolute Gasteiger partial charge is 0.303 e.